The van der Waals surface area contributed by atoms with Gasteiger partial charge in [0.25, 0.3) is 0 Å². The third-order valence-electron chi connectivity index (χ3n) is 4.61. The second-order valence-electron chi connectivity index (χ2n) is 7.21. The quantitative estimate of drug-likeness (QED) is 0.844. The number of allylic oxidation sites excluding steroid dienone is 3. The number of nitrogens with one attached hydrogen (secondary N) is 1. The van der Waals surface area contributed by atoms with Crippen LogP contribution in [0.3, 0.4) is 0 Å². The van der Waals surface area contributed by atoms with E-state index in [1.165, 1.54) is 0 Å². The molecule has 3 rings (SSSR count). The van der Waals surface area contributed by atoms with E-state index in [0.29, 0.717) is 18.6 Å². The van der Waals surface area contributed by atoms with Crippen LogP contribution in [0.4, 0.5) is 0 Å². The Kier molecular flexibility index (Phi) is 4.38. The first-order valence-electron chi connectivity index (χ1n) is 8.27. The number of esters is 1. The fourth-order valence-electron chi connectivity index (χ4n) is 3.69. The second-order valence-corrected chi connectivity index (χ2v) is 7.99. The maximum absolute atomic E-state index is 12.9. The predicted octanol–water partition coefficient (Wildman–Crippen LogP) is 3.92. The monoisotopic (exact) mass is 345 g/mol. The van der Waals surface area contributed by atoms with Gasteiger partial charge in [-0.25, -0.2) is 4.79 Å². The molecule has 2 heterocycles. The molecule has 0 spiro atoms. The normalized spacial score (nSPS) is 23.0. The molecule has 4 nitrogen and oxygen atoms in total. The number of ether oxygens (including phenoxy) is 1. The van der Waals surface area contributed by atoms with Crippen molar-refractivity contribution in [3.8, 4) is 0 Å². The van der Waals surface area contributed by atoms with Crippen LogP contribution in [0.2, 0.25) is 0 Å². The Hall–Kier alpha value is -1.88. The summed E-state index contributed by atoms with van der Waals surface area (Å²) in [6, 6.07) is 1.99. The summed E-state index contributed by atoms with van der Waals surface area (Å²) in [5.74, 6) is -0.544. The molecule has 0 saturated carbocycles. The van der Waals surface area contributed by atoms with E-state index in [0.717, 1.165) is 29.0 Å². The summed E-state index contributed by atoms with van der Waals surface area (Å²) in [6.07, 6.45) is 1.31. The molecule has 0 unspecified atom stereocenters. The fourth-order valence-corrected chi connectivity index (χ4v) is 4.37. The van der Waals surface area contributed by atoms with Gasteiger partial charge in [-0.05, 0) is 48.1 Å². The number of rotatable bonds is 3. The molecule has 0 fully saturated rings. The smallest absolute Gasteiger partial charge is 0.336 e. The van der Waals surface area contributed by atoms with Crippen LogP contribution in [0.25, 0.3) is 0 Å². The van der Waals surface area contributed by atoms with Gasteiger partial charge in [0.15, 0.2) is 5.78 Å². The summed E-state index contributed by atoms with van der Waals surface area (Å²) in [5, 5.41) is 7.32. The number of dihydropyridines is 1. The van der Waals surface area contributed by atoms with E-state index >= 15 is 0 Å². The minimum absolute atomic E-state index is 0.0657. The lowest BCUT2D eigenvalue weighted by Crippen LogP contribution is -2.38. The number of hydrogen-bond acceptors (Lipinski definition) is 5. The van der Waals surface area contributed by atoms with E-state index in [9.17, 15) is 9.59 Å². The van der Waals surface area contributed by atoms with Gasteiger partial charge in [-0.15, -0.1) is 0 Å². The Morgan fingerprint density at radius 3 is 2.79 bits per heavy atom. The molecular weight excluding hydrogens is 322 g/mol. The Labute approximate surface area is 146 Å². The maximum Gasteiger partial charge on any atom is 0.336 e. The molecule has 1 aromatic heterocycles. The van der Waals surface area contributed by atoms with E-state index < -0.39 is 0 Å². The van der Waals surface area contributed by atoms with Gasteiger partial charge in [0.05, 0.1) is 12.2 Å². The topological polar surface area (TPSA) is 55.4 Å². The average molecular weight is 345 g/mol. The SMILES string of the molecule is CCOC(=O)C1=C(C)NC2=C(C(=O)CC(C)(C)C2)[C@H]1c1ccsc1. The van der Waals surface area contributed by atoms with Gasteiger partial charge in [0.1, 0.15) is 0 Å². The van der Waals surface area contributed by atoms with Gasteiger partial charge in [-0.1, -0.05) is 13.8 Å². The van der Waals surface area contributed by atoms with Crippen LogP contribution in [-0.2, 0) is 14.3 Å². The number of Topliss-reactive ketones (excluding diaryl/α,β-unsaturated/α-hetero) is 1. The zero-order chi connectivity index (χ0) is 17.5. The van der Waals surface area contributed by atoms with Crippen molar-refractivity contribution < 1.29 is 14.3 Å². The molecule has 0 aromatic carbocycles. The van der Waals surface area contributed by atoms with Crippen LogP contribution in [0.1, 0.15) is 52.0 Å². The minimum Gasteiger partial charge on any atom is -0.463 e. The third-order valence-corrected chi connectivity index (χ3v) is 5.31. The molecule has 5 heteroatoms. The molecule has 1 N–H and O–H groups in total. The summed E-state index contributed by atoms with van der Waals surface area (Å²) in [5.41, 5.74) is 3.96. The van der Waals surface area contributed by atoms with Crippen molar-refractivity contribution in [2.45, 2.75) is 46.5 Å². The van der Waals surface area contributed by atoms with Crippen molar-refractivity contribution in [3.63, 3.8) is 0 Å². The number of hydrogen-bond donors (Lipinski definition) is 1. The highest BCUT2D eigenvalue weighted by atomic mass is 32.1. The molecule has 1 atom stereocenters. The van der Waals surface area contributed by atoms with E-state index in [1.54, 1.807) is 18.3 Å². The summed E-state index contributed by atoms with van der Waals surface area (Å²) in [4.78, 5) is 25.5. The Morgan fingerprint density at radius 2 is 2.17 bits per heavy atom. The molecule has 24 heavy (non-hydrogen) atoms. The molecule has 0 amide bonds. The van der Waals surface area contributed by atoms with E-state index in [1.807, 2.05) is 23.8 Å². The molecule has 1 aliphatic heterocycles. The van der Waals surface area contributed by atoms with Crippen molar-refractivity contribution >= 4 is 23.1 Å². The second kappa shape index (κ2) is 6.20. The average Bonchev–Trinajstić information content (AvgIpc) is 2.98. The Morgan fingerprint density at radius 1 is 1.42 bits per heavy atom. The molecule has 1 aromatic rings. The first-order chi connectivity index (χ1) is 11.3. The van der Waals surface area contributed by atoms with Crippen LogP contribution < -0.4 is 5.32 Å². The predicted molar refractivity (Wildman–Crippen MR) is 94.6 cm³/mol. The largest absolute Gasteiger partial charge is 0.463 e. The lowest BCUT2D eigenvalue weighted by atomic mass is 9.69. The summed E-state index contributed by atoms with van der Waals surface area (Å²) in [7, 11) is 0. The van der Waals surface area contributed by atoms with Crippen LogP contribution in [0, 0.1) is 5.41 Å². The number of ketones is 1. The highest BCUT2D eigenvalue weighted by Gasteiger charge is 2.43. The van der Waals surface area contributed by atoms with Crippen LogP contribution in [-0.4, -0.2) is 18.4 Å². The first kappa shape index (κ1) is 17.0. The standard InChI is InChI=1S/C19H23NO3S/c1-5-23-18(22)15-11(2)20-13-8-19(3,4)9-14(21)17(13)16(15)12-6-7-24-10-12/h6-7,10,16,20H,5,8-9H2,1-4H3/t16-/m0/s1. The molecule has 1 aliphatic carbocycles. The molecule has 2 aliphatic rings. The van der Waals surface area contributed by atoms with Crippen molar-refractivity contribution in [2.75, 3.05) is 6.61 Å². The third kappa shape index (κ3) is 2.93. The van der Waals surface area contributed by atoms with Crippen LogP contribution >= 0.6 is 11.3 Å². The lowest BCUT2D eigenvalue weighted by Gasteiger charge is -2.39. The molecule has 0 bridgehead atoms. The molecule has 0 radical (unpaired) electrons. The van der Waals surface area contributed by atoms with E-state index in [-0.39, 0.29) is 23.1 Å². The maximum atomic E-state index is 12.9. The van der Waals surface area contributed by atoms with E-state index in [2.05, 4.69) is 19.2 Å². The van der Waals surface area contributed by atoms with Crippen molar-refractivity contribution in [1.29, 1.82) is 0 Å². The number of carbonyl (C=O) groups excluding carboxylic acids is 2. The molecule has 0 saturated heterocycles. The Bertz CT molecular complexity index is 741. The first-order valence-corrected chi connectivity index (χ1v) is 9.21. The van der Waals surface area contributed by atoms with Gasteiger partial charge in [0, 0.05) is 29.3 Å². The van der Waals surface area contributed by atoms with Gasteiger partial charge in [-0.3, -0.25) is 4.79 Å². The number of carbonyl (C=O) groups is 2. The fraction of sp³-hybridized carbons (Fsp3) is 0.474. The van der Waals surface area contributed by atoms with Gasteiger partial charge in [-0.2, -0.15) is 11.3 Å². The van der Waals surface area contributed by atoms with Crippen molar-refractivity contribution in [3.05, 3.63) is 44.9 Å². The Balaban J connectivity index is 2.14. The van der Waals surface area contributed by atoms with Crippen molar-refractivity contribution in [2.24, 2.45) is 5.41 Å². The van der Waals surface area contributed by atoms with Gasteiger partial charge in [0.2, 0.25) is 0 Å². The van der Waals surface area contributed by atoms with Crippen LogP contribution in [0.5, 0.6) is 0 Å². The van der Waals surface area contributed by atoms with Gasteiger partial charge < -0.3 is 10.1 Å². The summed E-state index contributed by atoms with van der Waals surface area (Å²) >= 11 is 1.57. The molecular formula is C19H23NO3S. The summed E-state index contributed by atoms with van der Waals surface area (Å²) in [6.45, 7) is 8.22. The van der Waals surface area contributed by atoms with Crippen molar-refractivity contribution in [1.82, 2.24) is 5.32 Å². The van der Waals surface area contributed by atoms with Crippen LogP contribution in [0.15, 0.2) is 39.4 Å². The van der Waals surface area contributed by atoms with Gasteiger partial charge >= 0.3 is 5.97 Å². The lowest BCUT2D eigenvalue weighted by molar-refractivity contribution is -0.138. The highest BCUT2D eigenvalue weighted by Crippen LogP contribution is 2.47. The highest BCUT2D eigenvalue weighted by molar-refractivity contribution is 7.08. The summed E-state index contributed by atoms with van der Waals surface area (Å²) < 4.78 is 5.27. The van der Waals surface area contributed by atoms with E-state index in [4.69, 9.17) is 4.74 Å². The molecule has 128 valence electrons. The minimum atomic E-state index is -0.345. The zero-order valence-electron chi connectivity index (χ0n) is 14.6. The number of thiophene rings is 1. The zero-order valence-corrected chi connectivity index (χ0v) is 15.4.